The third-order valence-electron chi connectivity index (χ3n) is 8.98. The molecule has 0 bridgehead atoms. The van der Waals surface area contributed by atoms with E-state index in [-0.39, 0.29) is 30.3 Å². The molecule has 0 fully saturated rings. The number of aryl methyl sites for hydroxylation is 1. The fourth-order valence-electron chi connectivity index (χ4n) is 6.08. The van der Waals surface area contributed by atoms with Crippen molar-refractivity contribution in [3.63, 3.8) is 0 Å². The third-order valence-corrected chi connectivity index (χ3v) is 10.0. The molecule has 2 heterocycles. The van der Waals surface area contributed by atoms with Crippen molar-refractivity contribution in [2.24, 2.45) is 5.92 Å². The number of esters is 2. The van der Waals surface area contributed by atoms with Crippen LogP contribution in [0, 0.1) is 24.5 Å². The van der Waals surface area contributed by atoms with E-state index in [2.05, 4.69) is 4.98 Å². The molecule has 0 aliphatic heterocycles. The lowest BCUT2D eigenvalue weighted by molar-refractivity contribution is -0.148. The first-order chi connectivity index (χ1) is 23.5. The number of carbonyl (C=O) groups excluding carboxylic acids is 2. The highest BCUT2D eigenvalue weighted by molar-refractivity contribution is 7.10. The lowest BCUT2D eigenvalue weighted by Gasteiger charge is -2.25. The summed E-state index contributed by atoms with van der Waals surface area (Å²) in [7, 11) is 0. The number of benzene rings is 2. The molecule has 5 rings (SSSR count). The molecule has 2 aromatic carbocycles. The minimum absolute atomic E-state index is 0.0322. The number of nitrogens with zero attached hydrogens (tertiary/aromatic N) is 2. The molecule has 256 valence electrons. The first-order valence-electron chi connectivity index (χ1n) is 16.7. The minimum atomic E-state index is -0.686. The van der Waals surface area contributed by atoms with Crippen molar-refractivity contribution in [2.45, 2.75) is 84.3 Å². The molecule has 0 saturated heterocycles. The van der Waals surface area contributed by atoms with Crippen LogP contribution in [0.25, 0.3) is 11.3 Å². The summed E-state index contributed by atoms with van der Waals surface area (Å²) in [6.45, 7) is 9.51. The summed E-state index contributed by atoms with van der Waals surface area (Å²) in [6, 6.07) is 15.3. The van der Waals surface area contributed by atoms with E-state index in [1.807, 2.05) is 75.6 Å². The highest BCUT2D eigenvalue weighted by Crippen LogP contribution is 2.42. The molecule has 0 N–H and O–H groups in total. The highest BCUT2D eigenvalue weighted by Gasteiger charge is 2.31. The lowest BCUT2D eigenvalue weighted by atomic mass is 9.80. The molecule has 0 spiro atoms. The predicted octanol–water partition coefficient (Wildman–Crippen LogP) is 9.76. The second-order valence-corrected chi connectivity index (χ2v) is 13.6. The molecule has 9 heteroatoms. The van der Waals surface area contributed by atoms with Crippen LogP contribution in [0.15, 0.2) is 90.0 Å². The predicted molar refractivity (Wildman–Crippen MR) is 188 cm³/mol. The topological polar surface area (TPSA) is 78.4 Å². The van der Waals surface area contributed by atoms with E-state index in [1.165, 1.54) is 23.5 Å². The van der Waals surface area contributed by atoms with Crippen molar-refractivity contribution in [2.75, 3.05) is 0 Å². The summed E-state index contributed by atoms with van der Waals surface area (Å²) in [6.07, 6.45) is 8.53. The molecule has 0 saturated carbocycles. The standard InChI is InChI=1S/C40H42F2N2O4S/c1-6-8-37(45)47-22-31-9-7-18-43-38(31)26(4)40(46)48-27(5)30-15-12-28(19-30)20-33(34-21-32(41)16-17-35(34)42)25(3)39-44-36(23-49-39)29-13-10-24(2)11-14-29/h7,9-19,21,23,25-28,33H,6,8,20,22H2,1-5H3/t25-,26?,27?,28?,33?/m1/s1. The van der Waals surface area contributed by atoms with E-state index in [1.54, 1.807) is 25.3 Å². The Balaban J connectivity index is 1.29. The molecule has 2 aromatic heterocycles. The van der Waals surface area contributed by atoms with Gasteiger partial charge < -0.3 is 9.47 Å². The van der Waals surface area contributed by atoms with Gasteiger partial charge in [-0.25, -0.2) is 13.8 Å². The normalized spacial score (nSPS) is 16.5. The second-order valence-electron chi connectivity index (χ2n) is 12.7. The molecule has 1 aliphatic rings. The van der Waals surface area contributed by atoms with Crippen LogP contribution in [0.5, 0.6) is 0 Å². The second kappa shape index (κ2) is 16.3. The smallest absolute Gasteiger partial charge is 0.315 e. The van der Waals surface area contributed by atoms with Crippen molar-refractivity contribution in [3.05, 3.63) is 129 Å². The van der Waals surface area contributed by atoms with Crippen molar-refractivity contribution < 1.29 is 27.8 Å². The van der Waals surface area contributed by atoms with Crippen LogP contribution in [-0.2, 0) is 25.7 Å². The average Bonchev–Trinajstić information content (AvgIpc) is 3.78. The molecule has 0 amide bonds. The number of aromatic nitrogens is 2. The van der Waals surface area contributed by atoms with E-state index < -0.39 is 29.6 Å². The van der Waals surface area contributed by atoms with E-state index in [0.29, 0.717) is 36.1 Å². The van der Waals surface area contributed by atoms with Gasteiger partial charge in [-0.1, -0.05) is 68.0 Å². The van der Waals surface area contributed by atoms with Crippen molar-refractivity contribution in [3.8, 4) is 11.3 Å². The Morgan fingerprint density at radius 3 is 2.57 bits per heavy atom. The molecule has 1 aliphatic carbocycles. The number of allylic oxidation sites excluding steroid dienone is 2. The van der Waals surface area contributed by atoms with Crippen molar-refractivity contribution >= 4 is 23.3 Å². The van der Waals surface area contributed by atoms with Crippen LogP contribution in [0.4, 0.5) is 8.78 Å². The van der Waals surface area contributed by atoms with Crippen LogP contribution in [0.1, 0.15) is 92.1 Å². The summed E-state index contributed by atoms with van der Waals surface area (Å²) < 4.78 is 41.0. The number of halogens is 2. The van der Waals surface area contributed by atoms with Gasteiger partial charge in [0.05, 0.1) is 22.3 Å². The molecular formula is C40H42F2N2O4S. The van der Waals surface area contributed by atoms with Crippen LogP contribution in [0.3, 0.4) is 0 Å². The summed E-state index contributed by atoms with van der Waals surface area (Å²) in [4.78, 5) is 34.5. The Kier molecular flexibility index (Phi) is 11.9. The number of rotatable bonds is 14. The van der Waals surface area contributed by atoms with Crippen LogP contribution >= 0.6 is 11.3 Å². The summed E-state index contributed by atoms with van der Waals surface area (Å²) in [5, 5.41) is 2.85. The zero-order chi connectivity index (χ0) is 35.1. The molecule has 4 aromatic rings. The SMILES string of the molecule is CCCC(=O)OCc1cccnc1C(C)C(=O)OC(C)C1=CC(CC(c2cc(F)ccc2F)[C@@H](C)c2nc(-c3ccc(C)cc3)cs2)C=C1. The molecular weight excluding hydrogens is 643 g/mol. The first kappa shape index (κ1) is 35.8. The van der Waals surface area contributed by atoms with Gasteiger partial charge in [-0.3, -0.25) is 14.6 Å². The molecule has 6 nitrogen and oxygen atoms in total. The molecule has 5 atom stereocenters. The summed E-state index contributed by atoms with van der Waals surface area (Å²) in [5.41, 5.74) is 5.31. The van der Waals surface area contributed by atoms with Gasteiger partial charge in [-0.2, -0.15) is 0 Å². The highest BCUT2D eigenvalue weighted by atomic mass is 32.1. The fraction of sp³-hybridized carbons (Fsp3) is 0.350. The Labute approximate surface area is 290 Å². The van der Waals surface area contributed by atoms with E-state index in [4.69, 9.17) is 14.5 Å². The van der Waals surface area contributed by atoms with Crippen molar-refractivity contribution in [1.82, 2.24) is 9.97 Å². The van der Waals surface area contributed by atoms with Crippen LogP contribution in [-0.4, -0.2) is 28.0 Å². The molecule has 4 unspecified atom stereocenters. The number of carbonyl (C=O) groups is 2. The van der Waals surface area contributed by atoms with Gasteiger partial charge in [0.15, 0.2) is 0 Å². The Bertz CT molecular complexity index is 1830. The van der Waals surface area contributed by atoms with Gasteiger partial charge in [0.2, 0.25) is 0 Å². The minimum Gasteiger partial charge on any atom is -0.461 e. The van der Waals surface area contributed by atoms with E-state index in [0.717, 1.165) is 33.5 Å². The third kappa shape index (κ3) is 8.95. The number of hydrogen-bond acceptors (Lipinski definition) is 7. The van der Waals surface area contributed by atoms with E-state index >= 15 is 4.39 Å². The lowest BCUT2D eigenvalue weighted by Crippen LogP contribution is -2.22. The first-order valence-corrected chi connectivity index (χ1v) is 17.6. The fourth-order valence-corrected chi connectivity index (χ4v) is 7.03. The summed E-state index contributed by atoms with van der Waals surface area (Å²) in [5.74, 6) is -3.05. The maximum atomic E-state index is 15.3. The monoisotopic (exact) mass is 684 g/mol. The zero-order valence-corrected chi connectivity index (χ0v) is 29.3. The molecule has 49 heavy (non-hydrogen) atoms. The van der Waals surface area contributed by atoms with Gasteiger partial charge in [-0.15, -0.1) is 11.3 Å². The number of ether oxygens (including phenoxy) is 2. The van der Waals surface area contributed by atoms with Gasteiger partial charge in [-0.05, 0) is 80.9 Å². The van der Waals surface area contributed by atoms with Gasteiger partial charge in [0.25, 0.3) is 0 Å². The number of pyridine rings is 1. The summed E-state index contributed by atoms with van der Waals surface area (Å²) >= 11 is 1.52. The Morgan fingerprint density at radius 2 is 1.82 bits per heavy atom. The maximum Gasteiger partial charge on any atom is 0.315 e. The van der Waals surface area contributed by atoms with Crippen LogP contribution in [0.2, 0.25) is 0 Å². The maximum absolute atomic E-state index is 15.3. The molecule has 0 radical (unpaired) electrons. The van der Waals surface area contributed by atoms with Crippen molar-refractivity contribution in [1.29, 1.82) is 0 Å². The van der Waals surface area contributed by atoms with Gasteiger partial charge >= 0.3 is 11.9 Å². The van der Waals surface area contributed by atoms with Crippen LogP contribution < -0.4 is 0 Å². The zero-order valence-electron chi connectivity index (χ0n) is 28.5. The van der Waals surface area contributed by atoms with Gasteiger partial charge in [0, 0.05) is 35.0 Å². The van der Waals surface area contributed by atoms with E-state index in [9.17, 15) is 14.0 Å². The number of hydrogen-bond donors (Lipinski definition) is 0. The largest absolute Gasteiger partial charge is 0.461 e. The Hall–Kier alpha value is -4.50. The van der Waals surface area contributed by atoms with Gasteiger partial charge in [0.1, 0.15) is 24.3 Å². The number of thiazole rings is 1. The average molecular weight is 685 g/mol. The Morgan fingerprint density at radius 1 is 1.04 bits per heavy atom. The quantitative estimate of drug-likeness (QED) is 0.123.